The van der Waals surface area contributed by atoms with Gasteiger partial charge in [0.15, 0.2) is 0 Å². The van der Waals surface area contributed by atoms with Crippen molar-refractivity contribution in [1.29, 1.82) is 0 Å². The van der Waals surface area contributed by atoms with E-state index < -0.39 is 0 Å². The number of hydrogen-bond donors (Lipinski definition) is 1. The van der Waals surface area contributed by atoms with Crippen LogP contribution in [0.1, 0.15) is 35.8 Å². The van der Waals surface area contributed by atoms with Gasteiger partial charge in [0.1, 0.15) is 0 Å². The minimum absolute atomic E-state index is 0.537. The molecule has 1 nitrogen and oxygen atoms in total. The maximum absolute atomic E-state index is 3.62. The van der Waals surface area contributed by atoms with Gasteiger partial charge in [-0.2, -0.15) is 0 Å². The van der Waals surface area contributed by atoms with Crippen LogP contribution in [0.25, 0.3) is 0 Å². The lowest BCUT2D eigenvalue weighted by molar-refractivity contribution is 0.515. The molecule has 0 bridgehead atoms. The Morgan fingerprint density at radius 2 is 1.86 bits per heavy atom. The van der Waals surface area contributed by atoms with Crippen molar-refractivity contribution in [3.63, 3.8) is 0 Å². The summed E-state index contributed by atoms with van der Waals surface area (Å²) in [5.74, 6) is 1.23. The third-order valence-corrected chi connectivity index (χ3v) is 5.28. The molecule has 0 saturated heterocycles. The molecule has 3 heteroatoms. The van der Waals surface area contributed by atoms with Crippen molar-refractivity contribution in [3.05, 3.63) is 56.2 Å². The molecule has 0 aliphatic heterocycles. The van der Waals surface area contributed by atoms with Gasteiger partial charge in [-0.15, -0.1) is 11.3 Å². The maximum Gasteiger partial charge on any atom is 0.0285 e. The summed E-state index contributed by atoms with van der Waals surface area (Å²) in [6.45, 7) is 8.77. The average molecular weight is 366 g/mol. The van der Waals surface area contributed by atoms with E-state index in [9.17, 15) is 0 Å². The number of halogens is 1. The third kappa shape index (κ3) is 5.57. The quantitative estimate of drug-likeness (QED) is 0.693. The largest absolute Gasteiger partial charge is 0.316 e. The van der Waals surface area contributed by atoms with Gasteiger partial charge in [-0.05, 0) is 53.4 Å². The predicted octanol–water partition coefficient (Wildman–Crippen LogP) is 5.39. The Morgan fingerprint density at radius 3 is 2.43 bits per heavy atom. The van der Waals surface area contributed by atoms with Gasteiger partial charge in [0.05, 0.1) is 0 Å². The van der Waals surface area contributed by atoms with Crippen LogP contribution in [-0.2, 0) is 6.42 Å². The van der Waals surface area contributed by atoms with Crippen LogP contribution in [0.4, 0.5) is 0 Å². The number of rotatable bonds is 7. The molecule has 0 aliphatic carbocycles. The zero-order valence-electron chi connectivity index (χ0n) is 13.0. The van der Waals surface area contributed by atoms with Crippen LogP contribution in [0.2, 0.25) is 0 Å². The molecule has 1 atom stereocenters. The first-order valence-electron chi connectivity index (χ1n) is 7.54. The van der Waals surface area contributed by atoms with Gasteiger partial charge < -0.3 is 5.32 Å². The van der Waals surface area contributed by atoms with Gasteiger partial charge in [0.25, 0.3) is 0 Å². The smallest absolute Gasteiger partial charge is 0.0285 e. The van der Waals surface area contributed by atoms with E-state index in [4.69, 9.17) is 0 Å². The number of nitrogens with one attached hydrogen (secondary N) is 1. The van der Waals surface area contributed by atoms with Crippen molar-refractivity contribution in [3.8, 4) is 0 Å². The van der Waals surface area contributed by atoms with Crippen LogP contribution in [0.15, 0.2) is 40.2 Å². The SMILES string of the molecule is Cc1ccc(C(CNCC(C)C)Cc2cc(Br)cs2)cc1. The lowest BCUT2D eigenvalue weighted by Crippen LogP contribution is -2.26. The molecule has 1 heterocycles. The highest BCUT2D eigenvalue weighted by Crippen LogP contribution is 2.27. The fourth-order valence-corrected chi connectivity index (χ4v) is 3.93. The van der Waals surface area contributed by atoms with E-state index in [0.717, 1.165) is 19.5 Å². The Balaban J connectivity index is 2.07. The molecule has 0 amide bonds. The molecule has 1 aromatic carbocycles. The molecule has 114 valence electrons. The molecule has 0 aliphatic rings. The fraction of sp³-hybridized carbons (Fsp3) is 0.444. The monoisotopic (exact) mass is 365 g/mol. The molecule has 0 spiro atoms. The predicted molar refractivity (Wildman–Crippen MR) is 97.4 cm³/mol. The number of hydrogen-bond acceptors (Lipinski definition) is 2. The van der Waals surface area contributed by atoms with Crippen LogP contribution < -0.4 is 5.32 Å². The summed E-state index contributed by atoms with van der Waals surface area (Å²) < 4.78 is 1.19. The Hall–Kier alpha value is -0.640. The molecular weight excluding hydrogens is 342 g/mol. The van der Waals surface area contributed by atoms with E-state index in [1.54, 1.807) is 0 Å². The molecule has 1 N–H and O–H groups in total. The first kappa shape index (κ1) is 16.7. The van der Waals surface area contributed by atoms with E-state index >= 15 is 0 Å². The minimum atomic E-state index is 0.537. The molecule has 1 aromatic heterocycles. The van der Waals surface area contributed by atoms with Crippen LogP contribution in [-0.4, -0.2) is 13.1 Å². The Labute approximate surface area is 140 Å². The van der Waals surface area contributed by atoms with Crippen molar-refractivity contribution in [2.45, 2.75) is 33.1 Å². The molecular formula is C18H24BrNS. The van der Waals surface area contributed by atoms with Crippen molar-refractivity contribution < 1.29 is 0 Å². The highest BCUT2D eigenvalue weighted by atomic mass is 79.9. The third-order valence-electron chi connectivity index (χ3n) is 3.56. The van der Waals surface area contributed by atoms with Gasteiger partial charge in [-0.1, -0.05) is 43.7 Å². The first-order chi connectivity index (χ1) is 10.0. The van der Waals surface area contributed by atoms with Crippen molar-refractivity contribution in [1.82, 2.24) is 5.32 Å². The van der Waals surface area contributed by atoms with E-state index in [0.29, 0.717) is 11.8 Å². The molecule has 21 heavy (non-hydrogen) atoms. The molecule has 0 radical (unpaired) electrons. The minimum Gasteiger partial charge on any atom is -0.316 e. The lowest BCUT2D eigenvalue weighted by atomic mass is 9.94. The maximum atomic E-state index is 3.62. The van der Waals surface area contributed by atoms with E-state index in [-0.39, 0.29) is 0 Å². The summed E-state index contributed by atoms with van der Waals surface area (Å²) in [4.78, 5) is 1.44. The topological polar surface area (TPSA) is 12.0 Å². The van der Waals surface area contributed by atoms with E-state index in [1.807, 2.05) is 11.3 Å². The zero-order valence-corrected chi connectivity index (χ0v) is 15.4. The number of thiophene rings is 1. The van der Waals surface area contributed by atoms with E-state index in [2.05, 4.69) is 77.7 Å². The highest BCUT2D eigenvalue weighted by molar-refractivity contribution is 9.10. The Bertz CT molecular complexity index is 545. The summed E-state index contributed by atoms with van der Waals surface area (Å²) in [5, 5.41) is 5.79. The summed E-state index contributed by atoms with van der Waals surface area (Å²) in [6.07, 6.45) is 1.10. The Morgan fingerprint density at radius 1 is 1.14 bits per heavy atom. The molecule has 1 unspecified atom stereocenters. The second-order valence-electron chi connectivity index (χ2n) is 6.10. The zero-order chi connectivity index (χ0) is 15.2. The van der Waals surface area contributed by atoms with Crippen LogP contribution in [0, 0.1) is 12.8 Å². The number of benzene rings is 1. The van der Waals surface area contributed by atoms with Crippen molar-refractivity contribution >= 4 is 27.3 Å². The summed E-state index contributed by atoms with van der Waals surface area (Å²) in [6, 6.07) is 11.2. The van der Waals surface area contributed by atoms with Crippen molar-refractivity contribution in [2.75, 3.05) is 13.1 Å². The van der Waals surface area contributed by atoms with Crippen LogP contribution in [0.3, 0.4) is 0 Å². The normalized spacial score (nSPS) is 12.8. The molecule has 2 rings (SSSR count). The summed E-state index contributed by atoms with van der Waals surface area (Å²) >= 11 is 5.40. The molecule has 0 saturated carbocycles. The van der Waals surface area contributed by atoms with Crippen molar-refractivity contribution in [2.24, 2.45) is 5.92 Å². The summed E-state index contributed by atoms with van der Waals surface area (Å²) in [7, 11) is 0. The molecule has 0 fully saturated rings. The second kappa shape index (κ2) is 8.11. The second-order valence-corrected chi connectivity index (χ2v) is 8.01. The van der Waals surface area contributed by atoms with Gasteiger partial charge in [-0.3, -0.25) is 0 Å². The van der Waals surface area contributed by atoms with E-state index in [1.165, 1.54) is 20.5 Å². The molecule has 2 aromatic rings. The lowest BCUT2D eigenvalue weighted by Gasteiger charge is -2.19. The van der Waals surface area contributed by atoms with Crippen LogP contribution in [0.5, 0.6) is 0 Å². The Kier molecular flexibility index (Phi) is 6.46. The average Bonchev–Trinajstić information content (AvgIpc) is 2.84. The fourth-order valence-electron chi connectivity index (χ4n) is 2.40. The standard InChI is InChI=1S/C18H24BrNS/c1-13(2)10-20-11-16(8-18-9-17(19)12-21-18)15-6-4-14(3)5-7-15/h4-7,9,12-13,16,20H,8,10-11H2,1-3H3. The highest BCUT2D eigenvalue weighted by Gasteiger charge is 2.13. The summed E-state index contributed by atoms with van der Waals surface area (Å²) in [5.41, 5.74) is 2.76. The van der Waals surface area contributed by atoms with Gasteiger partial charge in [0, 0.05) is 27.2 Å². The van der Waals surface area contributed by atoms with Crippen LogP contribution >= 0.6 is 27.3 Å². The van der Waals surface area contributed by atoms with Gasteiger partial charge >= 0.3 is 0 Å². The van der Waals surface area contributed by atoms with Gasteiger partial charge in [-0.25, -0.2) is 0 Å². The van der Waals surface area contributed by atoms with Gasteiger partial charge in [0.2, 0.25) is 0 Å². The first-order valence-corrected chi connectivity index (χ1v) is 9.22. The number of aryl methyl sites for hydroxylation is 1.